The number of furan rings is 1. The number of fused-ring (bicyclic) bond motifs is 2. The molecule has 0 atom stereocenters. The van der Waals surface area contributed by atoms with Crippen molar-refractivity contribution in [1.29, 1.82) is 0 Å². The van der Waals surface area contributed by atoms with E-state index in [1.54, 1.807) is 0 Å². The topological polar surface area (TPSA) is 63.3 Å². The van der Waals surface area contributed by atoms with Crippen LogP contribution in [0.2, 0.25) is 19.6 Å². The van der Waals surface area contributed by atoms with Gasteiger partial charge in [-0.05, 0) is 42.6 Å². The van der Waals surface area contributed by atoms with Crippen molar-refractivity contribution >= 4 is 41.0 Å². The molecule has 0 bridgehead atoms. The largest absolute Gasteiger partial charge is 0.512 e. The summed E-state index contributed by atoms with van der Waals surface area (Å²) in [5, 5.41) is 12.2. The number of aryl methyl sites for hydroxylation is 2. The summed E-state index contributed by atoms with van der Waals surface area (Å²) >= 11 is 0. The Morgan fingerprint density at radius 1 is 1.08 bits per heavy atom. The molecule has 191 valence electrons. The summed E-state index contributed by atoms with van der Waals surface area (Å²) in [4.78, 5) is 14.9. The van der Waals surface area contributed by atoms with Crippen molar-refractivity contribution in [2.24, 2.45) is 0 Å². The zero-order valence-electron chi connectivity index (χ0n) is 22.5. The minimum atomic E-state index is -1.57. The van der Waals surface area contributed by atoms with Gasteiger partial charge in [0.1, 0.15) is 11.2 Å². The van der Waals surface area contributed by atoms with Crippen LogP contribution in [-0.4, -0.2) is 23.9 Å². The Labute approximate surface area is 228 Å². The van der Waals surface area contributed by atoms with E-state index in [0.29, 0.717) is 0 Å². The molecule has 5 rings (SSSR count). The maximum atomic E-state index is 10.0. The SMILES string of the molecule is CC(=O)/C=C(/C)O.Cc1c[c-]c2c(c1)C(C)(C)c1ccc([Si](C)(C)C)c3oc4c(C)cnc-2c4c13.[Ir]. The van der Waals surface area contributed by atoms with E-state index in [-0.39, 0.29) is 37.1 Å². The fourth-order valence-electron chi connectivity index (χ4n) is 5.03. The molecule has 0 aliphatic heterocycles. The summed E-state index contributed by atoms with van der Waals surface area (Å²) in [7, 11) is -1.57. The molecule has 4 aromatic rings. The van der Waals surface area contributed by atoms with E-state index in [0.717, 1.165) is 33.4 Å². The molecule has 1 aliphatic carbocycles. The zero-order valence-corrected chi connectivity index (χ0v) is 25.9. The quantitative estimate of drug-likeness (QED) is 0.105. The van der Waals surface area contributed by atoms with Gasteiger partial charge in [-0.2, -0.15) is 0 Å². The number of benzene rings is 2. The third-order valence-corrected chi connectivity index (χ3v) is 8.72. The summed E-state index contributed by atoms with van der Waals surface area (Å²) in [6, 6.07) is 12.6. The van der Waals surface area contributed by atoms with Crippen LogP contribution in [0.25, 0.3) is 33.2 Å². The number of nitrogens with zero attached hydrogens (tertiary/aromatic N) is 1. The Hall–Kier alpha value is -2.53. The summed E-state index contributed by atoms with van der Waals surface area (Å²) in [5.74, 6) is -0.0625. The van der Waals surface area contributed by atoms with Gasteiger partial charge in [-0.15, -0.1) is 34.9 Å². The van der Waals surface area contributed by atoms with Gasteiger partial charge in [0.05, 0.1) is 13.8 Å². The molecule has 6 heteroatoms. The predicted molar refractivity (Wildman–Crippen MR) is 147 cm³/mol. The van der Waals surface area contributed by atoms with E-state index >= 15 is 0 Å². The van der Waals surface area contributed by atoms with Gasteiger partial charge in [0.15, 0.2) is 5.78 Å². The number of carbonyl (C=O) groups excluding carboxylic acids is 1. The number of ketones is 1. The van der Waals surface area contributed by atoms with Crippen molar-refractivity contribution in [2.75, 3.05) is 0 Å². The number of allylic oxidation sites excluding steroid dienone is 2. The first-order valence-electron chi connectivity index (χ1n) is 12.0. The summed E-state index contributed by atoms with van der Waals surface area (Å²) in [6.45, 7) is 18.9. The van der Waals surface area contributed by atoms with Crippen LogP contribution < -0.4 is 5.19 Å². The van der Waals surface area contributed by atoms with Gasteiger partial charge < -0.3 is 14.5 Å². The second-order valence-corrected chi connectivity index (χ2v) is 16.2. The molecule has 2 aromatic heterocycles. The van der Waals surface area contributed by atoms with Gasteiger partial charge in [-0.25, -0.2) is 0 Å². The number of hydrogen-bond donors (Lipinski definition) is 1. The fraction of sp³-hybridized carbons (Fsp3) is 0.333. The molecule has 1 aliphatic rings. The van der Waals surface area contributed by atoms with Crippen molar-refractivity contribution in [3.05, 3.63) is 70.6 Å². The standard InChI is InChI=1S/C25H26NOSi.C5H8O2.Ir/c1-14-8-9-16-18(12-14)25(3,4)17-10-11-19(28(5,6)7)24-20(17)21-22(16)26-13-15(2)23(21)27-24;1-4(6)3-5(2)7;/h8,10-13H,1-7H3;3,6H,1-2H3;/q-1;;/b;4-3-;. The summed E-state index contributed by atoms with van der Waals surface area (Å²) in [6.07, 6.45) is 3.11. The van der Waals surface area contributed by atoms with Crippen molar-refractivity contribution in [1.82, 2.24) is 4.98 Å². The average Bonchev–Trinajstić information content (AvgIpc) is 3.10. The van der Waals surface area contributed by atoms with E-state index in [4.69, 9.17) is 14.5 Å². The zero-order chi connectivity index (χ0) is 25.9. The van der Waals surface area contributed by atoms with Crippen LogP contribution >= 0.6 is 0 Å². The number of aliphatic hydroxyl groups is 1. The first-order chi connectivity index (χ1) is 16.2. The van der Waals surface area contributed by atoms with Gasteiger partial charge in [0.2, 0.25) is 0 Å². The predicted octanol–water partition coefficient (Wildman–Crippen LogP) is 7.28. The van der Waals surface area contributed by atoms with Gasteiger partial charge in [0, 0.05) is 48.7 Å². The van der Waals surface area contributed by atoms with E-state index in [9.17, 15) is 4.79 Å². The molecular weight excluding hydrogens is 643 g/mol. The number of rotatable bonds is 2. The molecule has 36 heavy (non-hydrogen) atoms. The minimum Gasteiger partial charge on any atom is -0.512 e. The van der Waals surface area contributed by atoms with Crippen LogP contribution in [-0.2, 0) is 30.3 Å². The van der Waals surface area contributed by atoms with Crippen LogP contribution in [0.3, 0.4) is 0 Å². The first kappa shape index (κ1) is 28.0. The van der Waals surface area contributed by atoms with Crippen LogP contribution in [0.4, 0.5) is 0 Å². The maximum absolute atomic E-state index is 10.0. The van der Waals surface area contributed by atoms with Gasteiger partial charge >= 0.3 is 0 Å². The average molecular weight is 677 g/mol. The van der Waals surface area contributed by atoms with E-state index < -0.39 is 8.07 Å². The Balaban J connectivity index is 0.000000400. The minimum absolute atomic E-state index is 0. The van der Waals surface area contributed by atoms with E-state index in [1.807, 2.05) is 6.20 Å². The third-order valence-electron chi connectivity index (χ3n) is 6.71. The van der Waals surface area contributed by atoms with Crippen LogP contribution in [0, 0.1) is 19.9 Å². The molecule has 1 radical (unpaired) electrons. The van der Waals surface area contributed by atoms with E-state index in [1.165, 1.54) is 47.2 Å². The Bertz CT molecular complexity index is 1520. The Kier molecular flexibility index (Phi) is 7.58. The van der Waals surface area contributed by atoms with Crippen LogP contribution in [0.5, 0.6) is 0 Å². The molecule has 0 amide bonds. The molecule has 0 unspecified atom stereocenters. The fourth-order valence-corrected chi connectivity index (χ4v) is 6.47. The molecule has 0 spiro atoms. The van der Waals surface area contributed by atoms with Crippen molar-refractivity contribution < 1.29 is 34.4 Å². The van der Waals surface area contributed by atoms with Crippen LogP contribution in [0.1, 0.15) is 49.9 Å². The molecule has 2 heterocycles. The second kappa shape index (κ2) is 9.73. The van der Waals surface area contributed by atoms with Crippen molar-refractivity contribution in [3.8, 4) is 11.3 Å². The van der Waals surface area contributed by atoms with Crippen molar-refractivity contribution in [3.63, 3.8) is 0 Å². The smallest absolute Gasteiger partial charge is 0.155 e. The molecule has 0 fully saturated rings. The Morgan fingerprint density at radius 2 is 1.75 bits per heavy atom. The summed E-state index contributed by atoms with van der Waals surface area (Å²) in [5.41, 5.74) is 8.96. The molecule has 4 nitrogen and oxygen atoms in total. The van der Waals surface area contributed by atoms with Crippen LogP contribution in [0.15, 0.2) is 46.7 Å². The summed E-state index contributed by atoms with van der Waals surface area (Å²) < 4.78 is 6.61. The molecular formula is C30H34IrNO3Si-. The molecule has 1 N–H and O–H groups in total. The van der Waals surface area contributed by atoms with Gasteiger partial charge in [-0.1, -0.05) is 52.5 Å². The first-order valence-corrected chi connectivity index (χ1v) is 15.5. The maximum Gasteiger partial charge on any atom is 0.155 e. The van der Waals surface area contributed by atoms with E-state index in [2.05, 4.69) is 77.7 Å². The van der Waals surface area contributed by atoms with Gasteiger partial charge in [-0.3, -0.25) is 4.79 Å². The molecule has 0 saturated carbocycles. The number of pyridine rings is 1. The van der Waals surface area contributed by atoms with Gasteiger partial charge in [0.25, 0.3) is 0 Å². The molecule has 0 saturated heterocycles. The monoisotopic (exact) mass is 677 g/mol. The second-order valence-electron chi connectivity index (χ2n) is 11.2. The third kappa shape index (κ3) is 4.74. The number of hydrogen-bond acceptors (Lipinski definition) is 4. The van der Waals surface area contributed by atoms with Crippen molar-refractivity contribution in [2.45, 2.75) is 66.6 Å². The number of carbonyl (C=O) groups is 1. The normalized spacial score (nSPS) is 14.1. The molecule has 2 aromatic carbocycles. The Morgan fingerprint density at radius 3 is 2.31 bits per heavy atom. The number of aliphatic hydroxyl groups excluding tert-OH is 1. The number of aromatic nitrogens is 1.